The van der Waals surface area contributed by atoms with E-state index in [9.17, 15) is 4.39 Å². The maximum absolute atomic E-state index is 13.9. The third-order valence-corrected chi connectivity index (χ3v) is 4.57. The molecule has 1 fully saturated rings. The summed E-state index contributed by atoms with van der Waals surface area (Å²) in [6.45, 7) is 4.95. The van der Waals surface area contributed by atoms with Crippen molar-refractivity contribution in [2.24, 2.45) is 0 Å². The number of piperazine rings is 1. The van der Waals surface area contributed by atoms with Crippen molar-refractivity contribution in [1.82, 2.24) is 0 Å². The van der Waals surface area contributed by atoms with Crippen molar-refractivity contribution in [1.29, 1.82) is 0 Å². The Labute approximate surface area is 137 Å². The number of hydrogen-bond acceptors (Lipinski definition) is 2. The lowest BCUT2D eigenvalue weighted by atomic mass is 10.1. The molecule has 1 N–H and O–H groups in total. The van der Waals surface area contributed by atoms with E-state index in [-0.39, 0.29) is 5.82 Å². The largest absolute Gasteiger partial charge is 0.378 e. The van der Waals surface area contributed by atoms with Gasteiger partial charge in [-0.15, -0.1) is 0 Å². The van der Waals surface area contributed by atoms with E-state index in [1.807, 2.05) is 12.1 Å². The molecule has 1 heterocycles. The van der Waals surface area contributed by atoms with Gasteiger partial charge in [-0.2, -0.15) is 0 Å². The van der Waals surface area contributed by atoms with Crippen LogP contribution in [0.1, 0.15) is 5.56 Å². The van der Waals surface area contributed by atoms with E-state index >= 15 is 0 Å². The number of para-hydroxylation sites is 1. The second kappa shape index (κ2) is 7.01. The van der Waals surface area contributed by atoms with Gasteiger partial charge in [0.2, 0.25) is 0 Å². The minimum atomic E-state index is -0.116. The Bertz CT molecular complexity index is 631. The number of hydrogen-bond donors (Lipinski definition) is 1. The lowest BCUT2D eigenvalue weighted by molar-refractivity contribution is -0.914. The summed E-state index contributed by atoms with van der Waals surface area (Å²) in [5.41, 5.74) is 3.33. The molecule has 0 atom stereocenters. The molecule has 4 heteroatoms. The maximum Gasteiger partial charge on any atom is 0.146 e. The molecular formula is C19H25FN3+. The van der Waals surface area contributed by atoms with Crippen LogP contribution in [0.25, 0.3) is 0 Å². The van der Waals surface area contributed by atoms with Crippen LogP contribution in [0.15, 0.2) is 48.5 Å². The minimum absolute atomic E-state index is 0.116. The molecule has 122 valence electrons. The highest BCUT2D eigenvalue weighted by Gasteiger charge is 2.21. The highest BCUT2D eigenvalue weighted by molar-refractivity contribution is 5.48. The summed E-state index contributed by atoms with van der Waals surface area (Å²) in [6.07, 6.45) is 0. The van der Waals surface area contributed by atoms with Gasteiger partial charge in [-0.1, -0.05) is 24.3 Å². The van der Waals surface area contributed by atoms with E-state index in [2.05, 4.69) is 48.2 Å². The van der Waals surface area contributed by atoms with E-state index in [0.29, 0.717) is 0 Å². The minimum Gasteiger partial charge on any atom is -0.378 e. The van der Waals surface area contributed by atoms with Crippen LogP contribution in [0.3, 0.4) is 0 Å². The van der Waals surface area contributed by atoms with E-state index in [4.69, 9.17) is 0 Å². The van der Waals surface area contributed by atoms with Gasteiger partial charge in [0.05, 0.1) is 31.9 Å². The van der Waals surface area contributed by atoms with Crippen molar-refractivity contribution in [2.75, 3.05) is 50.1 Å². The summed E-state index contributed by atoms with van der Waals surface area (Å²) in [6, 6.07) is 15.8. The summed E-state index contributed by atoms with van der Waals surface area (Å²) in [5.74, 6) is -0.116. The number of anilines is 2. The van der Waals surface area contributed by atoms with Crippen LogP contribution in [0, 0.1) is 5.82 Å². The van der Waals surface area contributed by atoms with Gasteiger partial charge >= 0.3 is 0 Å². The summed E-state index contributed by atoms with van der Waals surface area (Å²) >= 11 is 0. The van der Waals surface area contributed by atoms with Crippen LogP contribution in [0.2, 0.25) is 0 Å². The van der Waals surface area contributed by atoms with Gasteiger partial charge in [0.15, 0.2) is 0 Å². The molecule has 2 aromatic rings. The fraction of sp³-hybridized carbons (Fsp3) is 0.368. The topological polar surface area (TPSA) is 10.9 Å². The number of quaternary nitrogens is 1. The van der Waals surface area contributed by atoms with Crippen molar-refractivity contribution in [3.63, 3.8) is 0 Å². The molecule has 0 bridgehead atoms. The molecule has 3 rings (SSSR count). The van der Waals surface area contributed by atoms with Crippen LogP contribution in [-0.4, -0.2) is 40.3 Å². The van der Waals surface area contributed by atoms with Crippen LogP contribution >= 0.6 is 0 Å². The molecule has 3 nitrogen and oxygen atoms in total. The number of halogens is 1. The Hall–Kier alpha value is -2.07. The van der Waals surface area contributed by atoms with Crippen molar-refractivity contribution < 1.29 is 9.29 Å². The lowest BCUT2D eigenvalue weighted by Gasteiger charge is -2.33. The van der Waals surface area contributed by atoms with Crippen LogP contribution in [-0.2, 0) is 6.54 Å². The van der Waals surface area contributed by atoms with E-state index in [0.717, 1.165) is 38.4 Å². The van der Waals surface area contributed by atoms with E-state index in [1.54, 1.807) is 17.0 Å². The van der Waals surface area contributed by atoms with Crippen molar-refractivity contribution >= 4 is 11.4 Å². The summed E-state index contributed by atoms with van der Waals surface area (Å²) in [5, 5.41) is 0. The molecule has 1 aliphatic rings. The first-order valence-corrected chi connectivity index (χ1v) is 8.23. The predicted molar refractivity (Wildman–Crippen MR) is 93.8 cm³/mol. The second-order valence-electron chi connectivity index (χ2n) is 6.43. The molecule has 0 amide bonds. The van der Waals surface area contributed by atoms with Gasteiger partial charge in [-0.25, -0.2) is 4.39 Å². The Kier molecular flexibility index (Phi) is 4.82. The average Bonchev–Trinajstić information content (AvgIpc) is 2.57. The molecule has 1 saturated heterocycles. The maximum atomic E-state index is 13.9. The fourth-order valence-corrected chi connectivity index (χ4v) is 3.15. The van der Waals surface area contributed by atoms with Crippen molar-refractivity contribution in [2.45, 2.75) is 6.54 Å². The van der Waals surface area contributed by atoms with Gasteiger partial charge in [0, 0.05) is 25.3 Å². The number of rotatable bonds is 4. The fourth-order valence-electron chi connectivity index (χ4n) is 3.15. The van der Waals surface area contributed by atoms with Crippen LogP contribution in [0.4, 0.5) is 15.8 Å². The normalized spacial score (nSPS) is 15.7. The molecular weight excluding hydrogens is 289 g/mol. The van der Waals surface area contributed by atoms with E-state index < -0.39 is 0 Å². The van der Waals surface area contributed by atoms with Crippen LogP contribution in [0.5, 0.6) is 0 Å². The van der Waals surface area contributed by atoms with Gasteiger partial charge in [-0.05, 0) is 24.3 Å². The van der Waals surface area contributed by atoms with Gasteiger partial charge in [0.1, 0.15) is 12.4 Å². The third kappa shape index (κ3) is 3.82. The van der Waals surface area contributed by atoms with Gasteiger partial charge in [0.25, 0.3) is 0 Å². The SMILES string of the molecule is CN(C)c1ccc(C[NH+]2CCN(c3ccccc3F)CC2)cc1. The zero-order valence-corrected chi connectivity index (χ0v) is 13.9. The molecule has 0 spiro atoms. The highest BCUT2D eigenvalue weighted by Crippen LogP contribution is 2.18. The Balaban J connectivity index is 1.56. The van der Waals surface area contributed by atoms with E-state index in [1.165, 1.54) is 11.3 Å². The van der Waals surface area contributed by atoms with Gasteiger partial charge in [-0.3, -0.25) is 0 Å². The zero-order valence-electron chi connectivity index (χ0n) is 13.9. The second-order valence-corrected chi connectivity index (χ2v) is 6.43. The molecule has 2 aromatic carbocycles. The number of nitrogens with one attached hydrogen (secondary N) is 1. The molecule has 0 saturated carbocycles. The summed E-state index contributed by atoms with van der Waals surface area (Å²) < 4.78 is 13.9. The third-order valence-electron chi connectivity index (χ3n) is 4.57. The smallest absolute Gasteiger partial charge is 0.146 e. The molecule has 0 aliphatic carbocycles. The average molecular weight is 314 g/mol. The van der Waals surface area contributed by atoms with Crippen molar-refractivity contribution in [3.8, 4) is 0 Å². The molecule has 0 radical (unpaired) electrons. The Morgan fingerprint density at radius 3 is 2.26 bits per heavy atom. The quantitative estimate of drug-likeness (QED) is 0.923. The predicted octanol–water partition coefficient (Wildman–Crippen LogP) is 1.80. The first kappa shape index (κ1) is 15.8. The Morgan fingerprint density at radius 1 is 1.00 bits per heavy atom. The first-order chi connectivity index (χ1) is 11.1. The standard InChI is InChI=1S/C19H24FN3/c1-21(2)17-9-7-16(8-10-17)15-22-11-13-23(14-12-22)19-6-4-3-5-18(19)20/h3-10H,11-15H2,1-2H3/p+1. The lowest BCUT2D eigenvalue weighted by Crippen LogP contribution is -3.13. The Morgan fingerprint density at radius 2 is 1.65 bits per heavy atom. The molecule has 0 unspecified atom stereocenters. The summed E-state index contributed by atoms with van der Waals surface area (Å²) in [7, 11) is 4.12. The molecule has 0 aromatic heterocycles. The molecule has 23 heavy (non-hydrogen) atoms. The zero-order chi connectivity index (χ0) is 16.2. The monoisotopic (exact) mass is 314 g/mol. The summed E-state index contributed by atoms with van der Waals surface area (Å²) in [4.78, 5) is 5.84. The van der Waals surface area contributed by atoms with Gasteiger partial charge < -0.3 is 14.7 Å². The first-order valence-electron chi connectivity index (χ1n) is 8.23. The van der Waals surface area contributed by atoms with Crippen molar-refractivity contribution in [3.05, 3.63) is 59.9 Å². The number of nitrogens with zero attached hydrogens (tertiary/aromatic N) is 2. The molecule has 1 aliphatic heterocycles. The van der Waals surface area contributed by atoms with Crippen LogP contribution < -0.4 is 14.7 Å². The number of benzene rings is 2. The highest BCUT2D eigenvalue weighted by atomic mass is 19.1.